The number of alkyl halides is 3. The summed E-state index contributed by atoms with van der Waals surface area (Å²) in [6, 6.07) is 8.13. The molecule has 0 fully saturated rings. The number of nitrogens with one attached hydrogen (secondary N) is 1. The highest BCUT2D eigenvalue weighted by Crippen LogP contribution is 2.31. The Morgan fingerprint density at radius 3 is 2.41 bits per heavy atom. The maximum atomic E-state index is 13.2. The van der Waals surface area contributed by atoms with Crippen LogP contribution < -0.4 is 4.72 Å². The van der Waals surface area contributed by atoms with E-state index in [1.165, 1.54) is 36.5 Å². The molecule has 0 atom stereocenters. The van der Waals surface area contributed by atoms with E-state index in [1.807, 2.05) is 0 Å². The van der Waals surface area contributed by atoms with Gasteiger partial charge in [-0.3, -0.25) is 0 Å². The molecule has 0 aliphatic heterocycles. The first-order valence-corrected chi connectivity index (χ1v) is 10.8. The van der Waals surface area contributed by atoms with Crippen LogP contribution in [0.3, 0.4) is 0 Å². The number of sulfonamides is 1. The summed E-state index contributed by atoms with van der Waals surface area (Å²) in [6.45, 7) is 1.59. The Bertz CT molecular complexity index is 1110. The molecule has 4 nitrogen and oxygen atoms in total. The summed E-state index contributed by atoms with van der Waals surface area (Å²) in [5.41, 5.74) is 0.736. The molecule has 0 radical (unpaired) electrons. The lowest BCUT2D eigenvalue weighted by atomic mass is 10.1. The lowest BCUT2D eigenvalue weighted by molar-refractivity contribution is -0.137. The molecule has 154 valence electrons. The Morgan fingerprint density at radius 2 is 1.79 bits per heavy atom. The van der Waals surface area contributed by atoms with Crippen molar-refractivity contribution >= 4 is 21.4 Å². The van der Waals surface area contributed by atoms with Gasteiger partial charge >= 0.3 is 6.18 Å². The van der Waals surface area contributed by atoms with Crippen LogP contribution in [0.5, 0.6) is 0 Å². The molecular weight excluding hydrogens is 428 g/mol. The minimum absolute atomic E-state index is 0.00243. The lowest BCUT2D eigenvalue weighted by Gasteiger charge is -2.08. The molecule has 3 aromatic rings. The minimum Gasteiger partial charge on any atom is -0.241 e. The fourth-order valence-corrected chi connectivity index (χ4v) is 4.78. The quantitative estimate of drug-likeness (QED) is 0.556. The van der Waals surface area contributed by atoms with Gasteiger partial charge in [0.15, 0.2) is 0 Å². The van der Waals surface area contributed by atoms with Crippen LogP contribution in [-0.4, -0.2) is 19.9 Å². The van der Waals surface area contributed by atoms with Crippen molar-refractivity contribution in [1.82, 2.24) is 9.71 Å². The Morgan fingerprint density at radius 1 is 1.10 bits per heavy atom. The summed E-state index contributed by atoms with van der Waals surface area (Å²) < 4.78 is 78.2. The van der Waals surface area contributed by atoms with Crippen LogP contribution in [0.2, 0.25) is 0 Å². The number of hydrogen-bond acceptors (Lipinski definition) is 4. The fourth-order valence-electron chi connectivity index (χ4n) is 2.66. The summed E-state index contributed by atoms with van der Waals surface area (Å²) >= 11 is 1.26. The Kier molecular flexibility index (Phi) is 6.06. The molecule has 0 aliphatic rings. The van der Waals surface area contributed by atoms with Gasteiger partial charge in [0, 0.05) is 23.9 Å². The number of halogens is 4. The summed E-state index contributed by atoms with van der Waals surface area (Å²) in [5, 5.41) is 2.27. The maximum Gasteiger partial charge on any atom is 0.416 e. The average Bonchev–Trinajstić information content (AvgIpc) is 3.09. The Balaban J connectivity index is 1.63. The number of aryl methyl sites for hydroxylation is 1. The second-order valence-electron chi connectivity index (χ2n) is 6.28. The maximum absolute atomic E-state index is 13.2. The Labute approximate surface area is 169 Å². The van der Waals surface area contributed by atoms with Gasteiger partial charge in [-0.05, 0) is 42.8 Å². The van der Waals surface area contributed by atoms with Gasteiger partial charge in [0.1, 0.15) is 10.8 Å². The number of hydrogen-bond donors (Lipinski definition) is 1. The van der Waals surface area contributed by atoms with Gasteiger partial charge in [0.05, 0.1) is 16.2 Å². The molecule has 0 amide bonds. The van der Waals surface area contributed by atoms with E-state index in [1.54, 1.807) is 5.38 Å². The van der Waals surface area contributed by atoms with E-state index in [0.29, 0.717) is 28.2 Å². The standard InChI is InChI=1S/C19H16F4N2O2S2/c1-12-10-15(20)6-7-17(12)29(26,27)24-9-8-16-11-28-18(25-16)13-2-4-14(5-3-13)19(21,22)23/h2-7,10-11,24H,8-9H2,1H3. The van der Waals surface area contributed by atoms with Crippen molar-refractivity contribution in [3.63, 3.8) is 0 Å². The second-order valence-corrected chi connectivity index (χ2v) is 8.87. The van der Waals surface area contributed by atoms with E-state index in [4.69, 9.17) is 0 Å². The topological polar surface area (TPSA) is 59.1 Å². The summed E-state index contributed by atoms with van der Waals surface area (Å²) in [5.74, 6) is -0.514. The van der Waals surface area contributed by atoms with Gasteiger partial charge in [0.2, 0.25) is 10.0 Å². The molecule has 0 spiro atoms. The van der Waals surface area contributed by atoms with E-state index < -0.39 is 27.6 Å². The summed E-state index contributed by atoms with van der Waals surface area (Å²) in [6.07, 6.45) is -4.09. The zero-order valence-electron chi connectivity index (χ0n) is 15.1. The molecule has 0 saturated carbocycles. The molecule has 0 aliphatic carbocycles. The highest BCUT2D eigenvalue weighted by Gasteiger charge is 2.30. The van der Waals surface area contributed by atoms with Crippen molar-refractivity contribution < 1.29 is 26.0 Å². The van der Waals surface area contributed by atoms with Crippen molar-refractivity contribution in [2.45, 2.75) is 24.4 Å². The second kappa shape index (κ2) is 8.21. The van der Waals surface area contributed by atoms with E-state index >= 15 is 0 Å². The molecule has 0 unspecified atom stereocenters. The molecule has 1 aromatic heterocycles. The van der Waals surface area contributed by atoms with Crippen molar-refractivity contribution in [2.24, 2.45) is 0 Å². The molecule has 1 heterocycles. The third-order valence-electron chi connectivity index (χ3n) is 4.11. The van der Waals surface area contributed by atoms with E-state index in [2.05, 4.69) is 9.71 Å². The molecule has 29 heavy (non-hydrogen) atoms. The van der Waals surface area contributed by atoms with Gasteiger partial charge in [0.25, 0.3) is 0 Å². The van der Waals surface area contributed by atoms with Gasteiger partial charge in [-0.15, -0.1) is 11.3 Å². The van der Waals surface area contributed by atoms with Crippen molar-refractivity contribution in [3.8, 4) is 10.6 Å². The summed E-state index contributed by atoms with van der Waals surface area (Å²) in [4.78, 5) is 4.35. The first kappa shape index (κ1) is 21.4. The molecular formula is C19H16F4N2O2S2. The number of rotatable bonds is 6. The van der Waals surface area contributed by atoms with Crippen LogP contribution in [0.15, 0.2) is 52.7 Å². The Hall–Kier alpha value is -2.30. The van der Waals surface area contributed by atoms with Crippen LogP contribution in [0.25, 0.3) is 10.6 Å². The van der Waals surface area contributed by atoms with Crippen molar-refractivity contribution in [1.29, 1.82) is 0 Å². The van der Waals surface area contributed by atoms with Crippen molar-refractivity contribution in [2.75, 3.05) is 6.54 Å². The smallest absolute Gasteiger partial charge is 0.241 e. The molecule has 0 saturated heterocycles. The fraction of sp³-hybridized carbons (Fsp3) is 0.211. The number of aromatic nitrogens is 1. The van der Waals surface area contributed by atoms with Gasteiger partial charge in [-0.2, -0.15) is 13.2 Å². The largest absolute Gasteiger partial charge is 0.416 e. The van der Waals surface area contributed by atoms with Gasteiger partial charge in [-0.25, -0.2) is 22.5 Å². The highest BCUT2D eigenvalue weighted by molar-refractivity contribution is 7.89. The predicted molar refractivity (Wildman–Crippen MR) is 103 cm³/mol. The first-order chi connectivity index (χ1) is 13.6. The molecule has 2 aromatic carbocycles. The molecule has 10 heteroatoms. The zero-order valence-corrected chi connectivity index (χ0v) is 16.8. The average molecular weight is 444 g/mol. The van der Waals surface area contributed by atoms with Crippen LogP contribution in [0.1, 0.15) is 16.8 Å². The van der Waals surface area contributed by atoms with E-state index in [-0.39, 0.29) is 11.4 Å². The van der Waals surface area contributed by atoms with E-state index in [9.17, 15) is 26.0 Å². The van der Waals surface area contributed by atoms with Crippen molar-refractivity contribution in [3.05, 3.63) is 70.5 Å². The molecule has 3 rings (SSSR count). The SMILES string of the molecule is Cc1cc(F)ccc1S(=O)(=O)NCCc1csc(-c2ccc(C(F)(F)F)cc2)n1. The number of nitrogens with zero attached hydrogens (tertiary/aromatic N) is 1. The third kappa shape index (κ3) is 5.20. The highest BCUT2D eigenvalue weighted by atomic mass is 32.2. The number of thiazole rings is 1. The van der Waals surface area contributed by atoms with Crippen LogP contribution >= 0.6 is 11.3 Å². The lowest BCUT2D eigenvalue weighted by Crippen LogP contribution is -2.26. The van der Waals surface area contributed by atoms with Gasteiger partial charge < -0.3 is 0 Å². The van der Waals surface area contributed by atoms with Crippen LogP contribution in [0, 0.1) is 12.7 Å². The first-order valence-electron chi connectivity index (χ1n) is 8.44. The van der Waals surface area contributed by atoms with E-state index in [0.717, 1.165) is 24.3 Å². The van der Waals surface area contributed by atoms with Gasteiger partial charge in [-0.1, -0.05) is 12.1 Å². The normalized spacial score (nSPS) is 12.3. The number of benzene rings is 2. The van der Waals surface area contributed by atoms with Crippen LogP contribution in [-0.2, 0) is 22.6 Å². The third-order valence-corrected chi connectivity index (χ3v) is 6.67. The predicted octanol–water partition coefficient (Wildman–Crippen LogP) is 4.80. The molecule has 0 bridgehead atoms. The minimum atomic E-state index is -4.40. The zero-order chi connectivity index (χ0) is 21.2. The van der Waals surface area contributed by atoms with Crippen LogP contribution in [0.4, 0.5) is 17.6 Å². The molecule has 1 N–H and O–H groups in total. The monoisotopic (exact) mass is 444 g/mol. The summed E-state index contributed by atoms with van der Waals surface area (Å²) in [7, 11) is -3.79.